The molecule has 0 bridgehead atoms. The van der Waals surface area contributed by atoms with E-state index in [1.54, 1.807) is 0 Å². The van der Waals surface area contributed by atoms with Gasteiger partial charge in [0, 0.05) is 35.9 Å². The van der Waals surface area contributed by atoms with Crippen molar-refractivity contribution in [3.05, 3.63) is 35.5 Å². The highest BCUT2D eigenvalue weighted by Crippen LogP contribution is 2.27. The second-order valence-electron chi connectivity index (χ2n) is 5.28. The van der Waals surface area contributed by atoms with Gasteiger partial charge in [0.1, 0.15) is 0 Å². The zero-order valence-electron chi connectivity index (χ0n) is 11.6. The average Bonchev–Trinajstić information content (AvgIpc) is 2.65. The van der Waals surface area contributed by atoms with E-state index in [1.165, 1.54) is 6.26 Å². The van der Waals surface area contributed by atoms with Gasteiger partial charge in [-0.25, -0.2) is 8.42 Å². The van der Waals surface area contributed by atoms with Gasteiger partial charge in [-0.3, -0.25) is 0 Å². The van der Waals surface area contributed by atoms with Gasteiger partial charge in [-0.05, 0) is 37.1 Å². The van der Waals surface area contributed by atoms with Crippen LogP contribution in [0.5, 0.6) is 0 Å². The fraction of sp³-hybridized carbons (Fsp3) is 0.429. The van der Waals surface area contributed by atoms with E-state index in [2.05, 4.69) is 18.4 Å². The number of fused-ring (bicyclic) bond motifs is 1. The molecular formula is C14H20N2O2S. The molecule has 2 N–H and O–H groups in total. The Hall–Kier alpha value is -1.33. The maximum atomic E-state index is 11.5. The Kier molecular flexibility index (Phi) is 3.69. The molecular weight excluding hydrogens is 260 g/mol. The van der Waals surface area contributed by atoms with Gasteiger partial charge in [0.2, 0.25) is 0 Å². The summed E-state index contributed by atoms with van der Waals surface area (Å²) >= 11 is 0. The molecule has 0 aliphatic rings. The maximum Gasteiger partial charge on any atom is 0.151 e. The van der Waals surface area contributed by atoms with Crippen LogP contribution in [0.3, 0.4) is 0 Å². The number of rotatable bonds is 4. The first-order chi connectivity index (χ1) is 8.81. The molecule has 2 aromatic rings. The van der Waals surface area contributed by atoms with Crippen LogP contribution >= 0.6 is 0 Å². The fourth-order valence-electron chi connectivity index (χ4n) is 2.32. The quantitative estimate of drug-likeness (QED) is 0.934. The molecule has 0 radical (unpaired) electrons. The van der Waals surface area contributed by atoms with Crippen molar-refractivity contribution in [2.24, 2.45) is 5.73 Å². The van der Waals surface area contributed by atoms with Gasteiger partial charge in [-0.1, -0.05) is 6.07 Å². The van der Waals surface area contributed by atoms with E-state index in [0.717, 1.165) is 22.0 Å². The van der Waals surface area contributed by atoms with Crippen LogP contribution in [-0.2, 0) is 22.1 Å². The summed E-state index contributed by atoms with van der Waals surface area (Å²) in [4.78, 5) is 0. The smallest absolute Gasteiger partial charge is 0.151 e. The third-order valence-electron chi connectivity index (χ3n) is 3.19. The van der Waals surface area contributed by atoms with Gasteiger partial charge < -0.3 is 10.3 Å². The van der Waals surface area contributed by atoms with Crippen molar-refractivity contribution in [2.45, 2.75) is 32.2 Å². The minimum Gasteiger partial charge on any atom is -0.345 e. The third-order valence-corrected chi connectivity index (χ3v) is 4.03. The Morgan fingerprint density at radius 2 is 2.00 bits per heavy atom. The molecule has 1 aromatic carbocycles. The molecule has 0 unspecified atom stereocenters. The van der Waals surface area contributed by atoms with E-state index in [4.69, 9.17) is 5.73 Å². The summed E-state index contributed by atoms with van der Waals surface area (Å²) in [5.74, 6) is 0.0667. The maximum absolute atomic E-state index is 11.5. The minimum absolute atomic E-state index is 0.0667. The topological polar surface area (TPSA) is 65.1 Å². The monoisotopic (exact) mass is 280 g/mol. The summed E-state index contributed by atoms with van der Waals surface area (Å²) in [5, 5.41) is 0.988. The molecule has 0 amide bonds. The van der Waals surface area contributed by atoms with Crippen molar-refractivity contribution in [3.63, 3.8) is 0 Å². The summed E-state index contributed by atoms with van der Waals surface area (Å²) in [7, 11) is -3.05. The standard InChI is InChI=1S/C14H20N2O2S/c1-10(2)16-8-12(9-19(3,17)18)13-6-11(7-15)4-5-14(13)16/h4-6,8,10H,7,9,15H2,1-3H3. The Bertz CT molecular complexity index is 700. The van der Waals surface area contributed by atoms with Crippen molar-refractivity contribution in [1.29, 1.82) is 0 Å². The third kappa shape index (κ3) is 2.98. The lowest BCUT2D eigenvalue weighted by atomic mass is 10.1. The summed E-state index contributed by atoms with van der Waals surface area (Å²) in [6.07, 6.45) is 3.20. The van der Waals surface area contributed by atoms with E-state index < -0.39 is 9.84 Å². The van der Waals surface area contributed by atoms with Crippen molar-refractivity contribution in [1.82, 2.24) is 4.57 Å². The molecule has 0 aliphatic heterocycles. The number of hydrogen-bond donors (Lipinski definition) is 1. The zero-order valence-corrected chi connectivity index (χ0v) is 12.4. The SMILES string of the molecule is CC(C)n1cc(CS(C)(=O)=O)c2cc(CN)ccc21. The predicted molar refractivity (Wildman–Crippen MR) is 78.8 cm³/mol. The Morgan fingerprint density at radius 1 is 1.32 bits per heavy atom. The number of sulfone groups is 1. The molecule has 0 saturated carbocycles. The van der Waals surface area contributed by atoms with Crippen molar-refractivity contribution < 1.29 is 8.42 Å². The Morgan fingerprint density at radius 3 is 2.53 bits per heavy atom. The van der Waals surface area contributed by atoms with Gasteiger partial charge >= 0.3 is 0 Å². The Balaban J connectivity index is 2.68. The summed E-state index contributed by atoms with van der Waals surface area (Å²) in [6.45, 7) is 4.63. The van der Waals surface area contributed by atoms with E-state index in [1.807, 2.05) is 24.4 Å². The van der Waals surface area contributed by atoms with E-state index in [-0.39, 0.29) is 5.75 Å². The van der Waals surface area contributed by atoms with Crippen molar-refractivity contribution in [2.75, 3.05) is 6.26 Å². The molecule has 1 aromatic heterocycles. The lowest BCUT2D eigenvalue weighted by molar-refractivity contribution is 0.600. The summed E-state index contributed by atoms with van der Waals surface area (Å²) in [5.41, 5.74) is 8.59. The first-order valence-corrected chi connectivity index (χ1v) is 8.38. The van der Waals surface area contributed by atoms with Crippen LogP contribution in [0.2, 0.25) is 0 Å². The lowest BCUT2D eigenvalue weighted by Crippen LogP contribution is -2.01. The van der Waals surface area contributed by atoms with Crippen molar-refractivity contribution in [3.8, 4) is 0 Å². The van der Waals surface area contributed by atoms with Crippen LogP contribution in [0, 0.1) is 0 Å². The van der Waals surface area contributed by atoms with Crippen LogP contribution in [0.15, 0.2) is 24.4 Å². The first kappa shape index (κ1) is 14.1. The number of nitrogens with zero attached hydrogens (tertiary/aromatic N) is 1. The minimum atomic E-state index is -3.05. The molecule has 0 spiro atoms. The van der Waals surface area contributed by atoms with Crippen LogP contribution in [0.1, 0.15) is 31.0 Å². The lowest BCUT2D eigenvalue weighted by Gasteiger charge is -2.09. The van der Waals surface area contributed by atoms with E-state index >= 15 is 0 Å². The highest BCUT2D eigenvalue weighted by atomic mass is 32.2. The largest absolute Gasteiger partial charge is 0.345 e. The molecule has 104 valence electrons. The van der Waals surface area contributed by atoms with Crippen LogP contribution in [0.4, 0.5) is 0 Å². The van der Waals surface area contributed by atoms with Gasteiger partial charge in [-0.15, -0.1) is 0 Å². The molecule has 19 heavy (non-hydrogen) atoms. The zero-order chi connectivity index (χ0) is 14.2. The molecule has 0 aliphatic carbocycles. The molecule has 0 saturated heterocycles. The number of benzene rings is 1. The van der Waals surface area contributed by atoms with Crippen LogP contribution < -0.4 is 5.73 Å². The second-order valence-corrected chi connectivity index (χ2v) is 7.42. The molecule has 4 nitrogen and oxygen atoms in total. The number of aromatic nitrogens is 1. The van der Waals surface area contributed by atoms with Crippen LogP contribution in [0.25, 0.3) is 10.9 Å². The predicted octanol–water partition coefficient (Wildman–Crippen LogP) is 2.23. The summed E-state index contributed by atoms with van der Waals surface area (Å²) in [6, 6.07) is 6.29. The number of hydrogen-bond acceptors (Lipinski definition) is 3. The van der Waals surface area contributed by atoms with Gasteiger partial charge in [0.15, 0.2) is 9.84 Å². The highest BCUT2D eigenvalue weighted by Gasteiger charge is 2.14. The van der Waals surface area contributed by atoms with Gasteiger partial charge in [0.05, 0.1) is 5.75 Å². The second kappa shape index (κ2) is 4.98. The van der Waals surface area contributed by atoms with E-state index in [9.17, 15) is 8.42 Å². The van der Waals surface area contributed by atoms with Crippen molar-refractivity contribution >= 4 is 20.7 Å². The number of nitrogens with two attached hydrogens (primary N) is 1. The van der Waals surface area contributed by atoms with Crippen LogP contribution in [-0.4, -0.2) is 19.2 Å². The molecule has 1 heterocycles. The average molecular weight is 280 g/mol. The molecule has 0 fully saturated rings. The normalized spacial score (nSPS) is 12.5. The molecule has 2 rings (SSSR count). The van der Waals surface area contributed by atoms with E-state index in [0.29, 0.717) is 12.6 Å². The first-order valence-electron chi connectivity index (χ1n) is 6.32. The summed E-state index contributed by atoms with van der Waals surface area (Å²) < 4.78 is 25.2. The fourth-order valence-corrected chi connectivity index (χ4v) is 3.12. The highest BCUT2D eigenvalue weighted by molar-refractivity contribution is 7.89. The Labute approximate surface area is 114 Å². The van der Waals surface area contributed by atoms with Gasteiger partial charge in [-0.2, -0.15) is 0 Å². The molecule has 0 atom stereocenters. The molecule has 5 heteroatoms. The van der Waals surface area contributed by atoms with Gasteiger partial charge in [0.25, 0.3) is 0 Å².